The Morgan fingerprint density at radius 2 is 1.97 bits per heavy atom. The predicted octanol–water partition coefficient (Wildman–Crippen LogP) is 3.85. The number of benzene rings is 2. The second-order valence-corrected chi connectivity index (χ2v) is 8.32. The molecule has 2 N–H and O–H groups in total. The monoisotopic (exact) mass is 403 g/mol. The number of hydrogen-bond acceptors (Lipinski definition) is 5. The Morgan fingerprint density at radius 1 is 1.13 bits per heavy atom. The fourth-order valence-electron chi connectivity index (χ4n) is 4.49. The molecule has 2 atom stereocenters. The molecule has 0 spiro atoms. The molecule has 2 aromatic heterocycles. The molecule has 5 rings (SSSR count). The molecule has 7 nitrogen and oxygen atoms in total. The molecule has 0 saturated heterocycles. The van der Waals surface area contributed by atoms with Gasteiger partial charge in [0.25, 0.3) is 0 Å². The van der Waals surface area contributed by atoms with E-state index in [9.17, 15) is 4.79 Å². The van der Waals surface area contributed by atoms with Gasteiger partial charge in [0.1, 0.15) is 11.5 Å². The van der Waals surface area contributed by atoms with Gasteiger partial charge < -0.3 is 10.5 Å². The Hall–Kier alpha value is -3.35. The summed E-state index contributed by atoms with van der Waals surface area (Å²) in [7, 11) is 3.80. The molecule has 30 heavy (non-hydrogen) atoms. The van der Waals surface area contributed by atoms with Gasteiger partial charge in [-0.1, -0.05) is 6.07 Å². The second-order valence-electron chi connectivity index (χ2n) is 8.32. The first kappa shape index (κ1) is 18.7. The third kappa shape index (κ3) is 3.10. The van der Waals surface area contributed by atoms with E-state index in [4.69, 9.17) is 10.5 Å². The minimum Gasteiger partial charge on any atom is -0.490 e. The number of aromatic nitrogens is 4. The topological polar surface area (TPSA) is 88.0 Å². The van der Waals surface area contributed by atoms with Gasteiger partial charge in [-0.3, -0.25) is 14.2 Å². The van der Waals surface area contributed by atoms with Gasteiger partial charge in [0.15, 0.2) is 5.82 Å². The number of rotatable bonds is 4. The highest BCUT2D eigenvalue weighted by Gasteiger charge is 2.28. The maximum atomic E-state index is 11.7. The van der Waals surface area contributed by atoms with Gasteiger partial charge >= 0.3 is 0 Å². The van der Waals surface area contributed by atoms with Crippen LogP contribution in [-0.2, 0) is 18.9 Å². The van der Waals surface area contributed by atoms with E-state index in [1.807, 2.05) is 26.4 Å². The summed E-state index contributed by atoms with van der Waals surface area (Å²) in [6.45, 7) is 2.06. The summed E-state index contributed by atoms with van der Waals surface area (Å²) >= 11 is 0. The molecule has 0 radical (unpaired) electrons. The fourth-order valence-corrected chi connectivity index (χ4v) is 4.49. The molecule has 1 fully saturated rings. The maximum absolute atomic E-state index is 11.7. The highest BCUT2D eigenvalue weighted by molar-refractivity contribution is 5.95. The van der Waals surface area contributed by atoms with Crippen molar-refractivity contribution >= 4 is 33.4 Å². The van der Waals surface area contributed by atoms with E-state index in [2.05, 4.69) is 41.4 Å². The van der Waals surface area contributed by atoms with Crippen molar-refractivity contribution in [3.05, 3.63) is 36.5 Å². The van der Waals surface area contributed by atoms with E-state index < -0.39 is 0 Å². The van der Waals surface area contributed by atoms with Crippen molar-refractivity contribution in [1.82, 2.24) is 19.6 Å². The summed E-state index contributed by atoms with van der Waals surface area (Å²) in [5.41, 5.74) is 10.0. The van der Waals surface area contributed by atoms with Gasteiger partial charge in [-0.15, -0.1) is 0 Å². The van der Waals surface area contributed by atoms with Crippen LogP contribution in [0.25, 0.3) is 32.9 Å². The normalized spacial score (nSPS) is 17.8. The number of nitrogens with two attached hydrogens (primary N) is 1. The minimum atomic E-state index is -0.0356. The lowest BCUT2D eigenvalue weighted by atomic mass is 10.0. The van der Waals surface area contributed by atoms with Gasteiger partial charge in [-0.05, 0) is 48.7 Å². The summed E-state index contributed by atoms with van der Waals surface area (Å²) in [5, 5.41) is 10.8. The van der Waals surface area contributed by atoms with Gasteiger partial charge in [-0.2, -0.15) is 10.2 Å². The molecule has 2 heterocycles. The van der Waals surface area contributed by atoms with Crippen LogP contribution >= 0.6 is 0 Å². The number of fused-ring (bicyclic) bond motifs is 2. The van der Waals surface area contributed by atoms with Crippen molar-refractivity contribution in [3.8, 4) is 16.9 Å². The number of anilines is 1. The second kappa shape index (κ2) is 6.86. The molecular formula is C23H25N5O2. The molecule has 0 aliphatic heterocycles. The van der Waals surface area contributed by atoms with Crippen LogP contribution in [0.1, 0.15) is 26.2 Å². The summed E-state index contributed by atoms with van der Waals surface area (Å²) in [6.07, 6.45) is 4.10. The van der Waals surface area contributed by atoms with Crippen molar-refractivity contribution in [2.24, 2.45) is 20.0 Å². The average molecular weight is 403 g/mol. The molecule has 0 bridgehead atoms. The molecule has 1 saturated carbocycles. The summed E-state index contributed by atoms with van der Waals surface area (Å²) in [6, 6.07) is 10.3. The van der Waals surface area contributed by atoms with Crippen LogP contribution in [0.3, 0.4) is 0 Å². The Kier molecular flexibility index (Phi) is 4.27. The number of carbonyl (C=O) groups is 1. The fraction of sp³-hybridized carbons (Fsp3) is 0.348. The van der Waals surface area contributed by atoms with Gasteiger partial charge in [0.2, 0.25) is 0 Å². The van der Waals surface area contributed by atoms with Gasteiger partial charge in [0.05, 0.1) is 22.5 Å². The quantitative estimate of drug-likeness (QED) is 0.559. The number of nitrogen functional groups attached to an aromatic ring is 1. The lowest BCUT2D eigenvalue weighted by Crippen LogP contribution is -2.21. The van der Waals surface area contributed by atoms with Crippen molar-refractivity contribution in [2.75, 3.05) is 5.73 Å². The number of aryl methyl sites for hydroxylation is 2. The number of ether oxygens (including phenoxy) is 1. The minimum absolute atomic E-state index is 0.0356. The number of Topliss-reactive ketones (excluding diaryl/α,β-unsaturated/α-hetero) is 1. The van der Waals surface area contributed by atoms with Gasteiger partial charge in [0, 0.05) is 44.4 Å². The van der Waals surface area contributed by atoms with Crippen LogP contribution in [0.15, 0.2) is 36.5 Å². The van der Waals surface area contributed by atoms with E-state index in [-0.39, 0.29) is 12.0 Å². The van der Waals surface area contributed by atoms with E-state index in [0.717, 1.165) is 45.1 Å². The lowest BCUT2D eigenvalue weighted by molar-refractivity contribution is -0.117. The molecular weight excluding hydrogens is 378 g/mol. The van der Waals surface area contributed by atoms with Crippen LogP contribution in [0.4, 0.5) is 5.82 Å². The molecule has 0 amide bonds. The van der Waals surface area contributed by atoms with Gasteiger partial charge in [-0.25, -0.2) is 0 Å². The van der Waals surface area contributed by atoms with E-state index in [0.29, 0.717) is 24.4 Å². The molecule has 7 heteroatoms. The first-order valence-electron chi connectivity index (χ1n) is 10.3. The maximum Gasteiger partial charge on any atom is 0.153 e. The average Bonchev–Trinajstić information content (AvgIpc) is 3.39. The SMILES string of the molecule is C[C@@H](Oc1cc(-c2ccc3c(c2)c(N)nn3C)cc2nn(C)cc12)[C@H]1CCC(=O)C1. The van der Waals surface area contributed by atoms with Crippen LogP contribution in [0.5, 0.6) is 5.75 Å². The number of hydrogen-bond donors (Lipinski definition) is 1. The van der Waals surface area contributed by atoms with Crippen molar-refractivity contribution in [1.29, 1.82) is 0 Å². The Balaban J connectivity index is 1.58. The number of carbonyl (C=O) groups excluding carboxylic acids is 1. The van der Waals surface area contributed by atoms with Crippen LogP contribution in [0, 0.1) is 5.92 Å². The summed E-state index contributed by atoms with van der Waals surface area (Å²) < 4.78 is 9.99. The zero-order valence-electron chi connectivity index (χ0n) is 17.4. The zero-order chi connectivity index (χ0) is 21.0. The third-order valence-electron chi connectivity index (χ3n) is 6.17. The first-order chi connectivity index (χ1) is 14.4. The van der Waals surface area contributed by atoms with Crippen molar-refractivity contribution < 1.29 is 9.53 Å². The molecule has 4 aromatic rings. The molecule has 1 aliphatic carbocycles. The highest BCUT2D eigenvalue weighted by atomic mass is 16.5. The van der Waals surface area contributed by atoms with E-state index in [1.165, 1.54) is 0 Å². The summed E-state index contributed by atoms with van der Waals surface area (Å²) in [4.78, 5) is 11.7. The Labute approximate surface area is 174 Å². The number of nitrogens with zero attached hydrogens (tertiary/aromatic N) is 4. The standard InChI is InChI=1S/C23H25N5O2/c1-13(14-4-6-17(29)8-14)30-22-11-16(10-20-19(22)12-27(2)25-20)15-5-7-21-18(9-15)23(24)26-28(21)3/h5,7,9-14H,4,6,8H2,1-3H3,(H2,24,26)/t13-,14+/m1/s1. The largest absolute Gasteiger partial charge is 0.490 e. The highest BCUT2D eigenvalue weighted by Crippen LogP contribution is 2.36. The summed E-state index contributed by atoms with van der Waals surface area (Å²) in [5.74, 6) is 1.91. The third-order valence-corrected chi connectivity index (χ3v) is 6.17. The van der Waals surface area contributed by atoms with Crippen molar-refractivity contribution in [2.45, 2.75) is 32.3 Å². The first-order valence-corrected chi connectivity index (χ1v) is 10.3. The van der Waals surface area contributed by atoms with E-state index >= 15 is 0 Å². The van der Waals surface area contributed by atoms with Crippen molar-refractivity contribution in [3.63, 3.8) is 0 Å². The molecule has 0 unspecified atom stereocenters. The van der Waals surface area contributed by atoms with Crippen LogP contribution < -0.4 is 10.5 Å². The van der Waals surface area contributed by atoms with Crippen LogP contribution in [0.2, 0.25) is 0 Å². The molecule has 1 aliphatic rings. The number of ketones is 1. The molecule has 154 valence electrons. The zero-order valence-corrected chi connectivity index (χ0v) is 17.4. The smallest absolute Gasteiger partial charge is 0.153 e. The molecule has 2 aromatic carbocycles. The Morgan fingerprint density at radius 3 is 2.73 bits per heavy atom. The lowest BCUT2D eigenvalue weighted by Gasteiger charge is -2.21. The Bertz CT molecular complexity index is 1290. The van der Waals surface area contributed by atoms with Crippen LogP contribution in [-0.4, -0.2) is 31.4 Å². The van der Waals surface area contributed by atoms with E-state index in [1.54, 1.807) is 9.36 Å². The predicted molar refractivity (Wildman–Crippen MR) is 117 cm³/mol.